The van der Waals surface area contributed by atoms with Crippen LogP contribution in [0.2, 0.25) is 0 Å². The molecular weight excluding hydrogens is 252 g/mol. The zero-order valence-corrected chi connectivity index (χ0v) is 11.1. The van der Waals surface area contributed by atoms with Crippen molar-refractivity contribution in [2.75, 3.05) is 11.9 Å². The molecule has 0 spiro atoms. The van der Waals surface area contributed by atoms with Crippen LogP contribution in [0.25, 0.3) is 0 Å². The molecule has 0 saturated heterocycles. The first-order valence-corrected chi connectivity index (χ1v) is 6.68. The van der Waals surface area contributed by atoms with Gasteiger partial charge in [0.1, 0.15) is 5.75 Å². The van der Waals surface area contributed by atoms with Gasteiger partial charge in [0.2, 0.25) is 0 Å². The molecule has 0 amide bonds. The van der Waals surface area contributed by atoms with Crippen molar-refractivity contribution in [2.24, 2.45) is 0 Å². The van der Waals surface area contributed by atoms with E-state index in [1.165, 1.54) is 12.0 Å². The molecule has 2 heteroatoms. The highest BCUT2D eigenvalue weighted by atomic mass is 79.9. The number of halogens is 1. The molecule has 0 heterocycles. The van der Waals surface area contributed by atoms with Crippen LogP contribution in [0.1, 0.15) is 38.2 Å². The monoisotopic (exact) mass is 270 g/mol. The summed E-state index contributed by atoms with van der Waals surface area (Å²) in [6, 6.07) is 8.46. The fourth-order valence-corrected chi connectivity index (χ4v) is 1.60. The van der Waals surface area contributed by atoms with Gasteiger partial charge in [0.15, 0.2) is 0 Å². The summed E-state index contributed by atoms with van der Waals surface area (Å²) in [5.41, 5.74) is 1.39. The molecule has 0 radical (unpaired) electrons. The predicted molar refractivity (Wildman–Crippen MR) is 69.1 cm³/mol. The van der Waals surface area contributed by atoms with Crippen LogP contribution >= 0.6 is 15.9 Å². The number of benzene rings is 1. The summed E-state index contributed by atoms with van der Waals surface area (Å²) in [4.78, 5) is 0. The van der Waals surface area contributed by atoms with Crippen molar-refractivity contribution in [2.45, 2.75) is 32.6 Å². The van der Waals surface area contributed by atoms with Gasteiger partial charge in [0.25, 0.3) is 0 Å². The summed E-state index contributed by atoms with van der Waals surface area (Å²) in [5.74, 6) is 1.62. The van der Waals surface area contributed by atoms with E-state index in [-0.39, 0.29) is 0 Å². The molecule has 1 nitrogen and oxygen atoms in total. The van der Waals surface area contributed by atoms with E-state index >= 15 is 0 Å². The van der Waals surface area contributed by atoms with Crippen molar-refractivity contribution in [3.63, 3.8) is 0 Å². The number of rotatable bonds is 6. The minimum absolute atomic E-state index is 0.640. The number of hydrogen-bond acceptors (Lipinski definition) is 1. The van der Waals surface area contributed by atoms with Crippen LogP contribution in [0.15, 0.2) is 24.3 Å². The van der Waals surface area contributed by atoms with E-state index in [1.54, 1.807) is 0 Å². The van der Waals surface area contributed by atoms with Gasteiger partial charge in [-0.05, 0) is 36.5 Å². The van der Waals surface area contributed by atoms with Gasteiger partial charge in [-0.2, -0.15) is 0 Å². The normalized spacial score (nSPS) is 12.5. The van der Waals surface area contributed by atoms with E-state index in [2.05, 4.69) is 54.0 Å². The molecule has 0 aromatic heterocycles. The van der Waals surface area contributed by atoms with E-state index in [9.17, 15) is 0 Å². The second-order valence-corrected chi connectivity index (χ2v) is 4.56. The fourth-order valence-electron chi connectivity index (χ4n) is 1.37. The summed E-state index contributed by atoms with van der Waals surface area (Å²) in [7, 11) is 0. The standard InChI is InChI=1S/C13H19BrO/c1-3-11(2)12-5-7-13(8-6-12)15-10-4-9-14/h5-8,11H,3-4,9-10H2,1-2H3. The predicted octanol–water partition coefficient (Wildman–Crippen LogP) is 4.36. The molecular formula is C13H19BrO. The fraction of sp³-hybridized carbons (Fsp3) is 0.538. The van der Waals surface area contributed by atoms with Crippen molar-refractivity contribution < 1.29 is 4.74 Å². The zero-order chi connectivity index (χ0) is 11.1. The lowest BCUT2D eigenvalue weighted by atomic mass is 9.99. The highest BCUT2D eigenvalue weighted by molar-refractivity contribution is 9.09. The van der Waals surface area contributed by atoms with Crippen molar-refractivity contribution in [3.8, 4) is 5.75 Å². The van der Waals surface area contributed by atoms with Crippen LogP contribution in [0.5, 0.6) is 5.75 Å². The second-order valence-electron chi connectivity index (χ2n) is 3.77. The third kappa shape index (κ3) is 4.25. The Labute approximate surface area is 101 Å². The van der Waals surface area contributed by atoms with Gasteiger partial charge in [-0.1, -0.05) is 41.9 Å². The van der Waals surface area contributed by atoms with Gasteiger partial charge in [-0.3, -0.25) is 0 Å². The maximum absolute atomic E-state index is 5.58. The minimum Gasteiger partial charge on any atom is -0.494 e. The molecule has 1 aromatic carbocycles. The van der Waals surface area contributed by atoms with Crippen LogP contribution in [0.3, 0.4) is 0 Å². The first-order valence-electron chi connectivity index (χ1n) is 5.56. The Balaban J connectivity index is 2.49. The summed E-state index contributed by atoms with van der Waals surface area (Å²) < 4.78 is 5.58. The van der Waals surface area contributed by atoms with Crippen LogP contribution in [-0.2, 0) is 0 Å². The minimum atomic E-state index is 0.640. The Morgan fingerprint density at radius 1 is 1.27 bits per heavy atom. The lowest BCUT2D eigenvalue weighted by Gasteiger charge is -2.10. The molecule has 1 rings (SSSR count). The first-order chi connectivity index (χ1) is 7.27. The van der Waals surface area contributed by atoms with E-state index in [0.29, 0.717) is 5.92 Å². The molecule has 1 aromatic rings. The van der Waals surface area contributed by atoms with Gasteiger partial charge in [0.05, 0.1) is 6.61 Å². The van der Waals surface area contributed by atoms with Gasteiger partial charge >= 0.3 is 0 Å². The van der Waals surface area contributed by atoms with Crippen LogP contribution in [0, 0.1) is 0 Å². The number of hydrogen-bond donors (Lipinski definition) is 0. The molecule has 0 aliphatic rings. The molecule has 0 aliphatic carbocycles. The molecule has 84 valence electrons. The maximum atomic E-state index is 5.58. The van der Waals surface area contributed by atoms with Crippen molar-refractivity contribution in [1.82, 2.24) is 0 Å². The molecule has 0 fully saturated rings. The third-order valence-corrected chi connectivity index (χ3v) is 3.17. The van der Waals surface area contributed by atoms with E-state index in [4.69, 9.17) is 4.74 Å². The van der Waals surface area contributed by atoms with E-state index < -0.39 is 0 Å². The van der Waals surface area contributed by atoms with Gasteiger partial charge in [-0.15, -0.1) is 0 Å². The van der Waals surface area contributed by atoms with Gasteiger partial charge in [-0.25, -0.2) is 0 Å². The van der Waals surface area contributed by atoms with Gasteiger partial charge < -0.3 is 4.74 Å². The number of ether oxygens (including phenoxy) is 1. The molecule has 0 saturated carbocycles. The Bertz CT molecular complexity index is 268. The first kappa shape index (κ1) is 12.6. The Kier molecular flexibility index (Phi) is 5.77. The van der Waals surface area contributed by atoms with E-state index in [0.717, 1.165) is 24.1 Å². The maximum Gasteiger partial charge on any atom is 0.119 e. The Hall–Kier alpha value is -0.500. The van der Waals surface area contributed by atoms with Crippen molar-refractivity contribution in [3.05, 3.63) is 29.8 Å². The molecule has 1 atom stereocenters. The van der Waals surface area contributed by atoms with Crippen LogP contribution < -0.4 is 4.74 Å². The highest BCUT2D eigenvalue weighted by Gasteiger charge is 2.02. The summed E-state index contributed by atoms with van der Waals surface area (Å²) in [6.07, 6.45) is 2.23. The summed E-state index contributed by atoms with van der Waals surface area (Å²) >= 11 is 3.38. The van der Waals surface area contributed by atoms with Gasteiger partial charge in [0, 0.05) is 5.33 Å². The topological polar surface area (TPSA) is 9.23 Å². The average molecular weight is 271 g/mol. The van der Waals surface area contributed by atoms with Crippen molar-refractivity contribution >= 4 is 15.9 Å². The van der Waals surface area contributed by atoms with Crippen LogP contribution in [0.4, 0.5) is 0 Å². The molecule has 15 heavy (non-hydrogen) atoms. The zero-order valence-electron chi connectivity index (χ0n) is 9.50. The average Bonchev–Trinajstić information content (AvgIpc) is 2.29. The van der Waals surface area contributed by atoms with E-state index in [1.807, 2.05) is 0 Å². The lowest BCUT2D eigenvalue weighted by molar-refractivity contribution is 0.319. The molecule has 0 bridgehead atoms. The second kappa shape index (κ2) is 6.89. The molecule has 1 unspecified atom stereocenters. The lowest BCUT2D eigenvalue weighted by Crippen LogP contribution is -1.98. The smallest absolute Gasteiger partial charge is 0.119 e. The van der Waals surface area contributed by atoms with Crippen LogP contribution in [-0.4, -0.2) is 11.9 Å². The summed E-state index contributed by atoms with van der Waals surface area (Å²) in [5, 5.41) is 0.998. The SMILES string of the molecule is CCC(C)c1ccc(OCCCBr)cc1. The largest absolute Gasteiger partial charge is 0.494 e. The Morgan fingerprint density at radius 3 is 2.47 bits per heavy atom. The molecule has 0 N–H and O–H groups in total. The third-order valence-electron chi connectivity index (χ3n) is 2.61. The molecule has 0 aliphatic heterocycles. The highest BCUT2D eigenvalue weighted by Crippen LogP contribution is 2.21. The Morgan fingerprint density at radius 2 is 1.93 bits per heavy atom. The quantitative estimate of drug-likeness (QED) is 0.551. The number of alkyl halides is 1. The van der Waals surface area contributed by atoms with Crippen molar-refractivity contribution in [1.29, 1.82) is 0 Å². The summed E-state index contributed by atoms with van der Waals surface area (Å²) in [6.45, 7) is 5.25.